The lowest BCUT2D eigenvalue weighted by atomic mass is 10.2. The van der Waals surface area contributed by atoms with Crippen molar-refractivity contribution in [3.63, 3.8) is 0 Å². The molecule has 0 spiro atoms. The van der Waals surface area contributed by atoms with Gasteiger partial charge in [0, 0.05) is 34.2 Å². The van der Waals surface area contributed by atoms with Crippen molar-refractivity contribution in [3.8, 4) is 0 Å². The number of hydrogen-bond acceptors (Lipinski definition) is 2. The van der Waals surface area contributed by atoms with Crippen LogP contribution >= 0.6 is 11.8 Å². The maximum absolute atomic E-state index is 4.44. The van der Waals surface area contributed by atoms with Gasteiger partial charge in [0.1, 0.15) is 5.03 Å². The second-order valence-corrected chi connectivity index (χ2v) is 5.85. The number of rotatable bonds is 2. The standard InChI is InChI=1S/C16H14N2S/c1-2-7-13-12(6-1)16(14-8-5-11-18(13)14)19-15-9-3-4-10-17-15/h1-4,6-7,9-10H,5,8,11H2. The molecule has 3 heterocycles. The Hall–Kier alpha value is -1.74. The van der Waals surface area contributed by atoms with Crippen LogP contribution in [0.2, 0.25) is 0 Å². The molecular formula is C16H14N2S. The number of para-hydroxylation sites is 1. The van der Waals surface area contributed by atoms with Crippen molar-refractivity contribution in [2.45, 2.75) is 29.3 Å². The second-order valence-electron chi connectivity index (χ2n) is 4.82. The molecule has 0 saturated carbocycles. The summed E-state index contributed by atoms with van der Waals surface area (Å²) < 4.78 is 2.47. The van der Waals surface area contributed by atoms with Gasteiger partial charge < -0.3 is 4.57 Å². The van der Waals surface area contributed by atoms with Gasteiger partial charge in [0.05, 0.1) is 0 Å². The van der Waals surface area contributed by atoms with Gasteiger partial charge in [0.2, 0.25) is 0 Å². The average Bonchev–Trinajstić information content (AvgIpc) is 3.04. The molecule has 3 aromatic rings. The van der Waals surface area contributed by atoms with E-state index in [0.29, 0.717) is 0 Å². The van der Waals surface area contributed by atoms with Gasteiger partial charge in [-0.1, -0.05) is 36.0 Å². The van der Waals surface area contributed by atoms with Gasteiger partial charge in [-0.2, -0.15) is 0 Å². The highest BCUT2D eigenvalue weighted by molar-refractivity contribution is 7.99. The molecule has 0 unspecified atom stereocenters. The average molecular weight is 266 g/mol. The van der Waals surface area contributed by atoms with Crippen molar-refractivity contribution in [3.05, 3.63) is 54.4 Å². The van der Waals surface area contributed by atoms with Gasteiger partial charge in [-0.15, -0.1) is 0 Å². The third kappa shape index (κ3) is 1.77. The Morgan fingerprint density at radius 2 is 1.95 bits per heavy atom. The Labute approximate surface area is 116 Å². The number of pyridine rings is 1. The minimum absolute atomic E-state index is 1.08. The molecule has 0 atom stereocenters. The molecular weight excluding hydrogens is 252 g/mol. The smallest absolute Gasteiger partial charge is 0.101 e. The molecule has 3 heteroatoms. The quantitative estimate of drug-likeness (QED) is 0.694. The van der Waals surface area contributed by atoms with Crippen molar-refractivity contribution in [2.24, 2.45) is 0 Å². The van der Waals surface area contributed by atoms with E-state index in [4.69, 9.17) is 0 Å². The van der Waals surface area contributed by atoms with Crippen LogP contribution in [0.4, 0.5) is 0 Å². The van der Waals surface area contributed by atoms with Crippen LogP contribution in [-0.2, 0) is 13.0 Å². The molecule has 1 aromatic carbocycles. The summed E-state index contributed by atoms with van der Waals surface area (Å²) in [4.78, 5) is 5.83. The highest BCUT2D eigenvalue weighted by atomic mass is 32.2. The van der Waals surface area contributed by atoms with E-state index in [2.05, 4.69) is 39.9 Å². The SMILES string of the molecule is c1ccc(Sc2c3n(c4ccccc24)CCC3)nc1. The molecule has 0 radical (unpaired) electrons. The molecule has 0 bridgehead atoms. The highest BCUT2D eigenvalue weighted by Gasteiger charge is 2.21. The van der Waals surface area contributed by atoms with Crippen LogP contribution in [0.25, 0.3) is 10.9 Å². The third-order valence-corrected chi connectivity index (χ3v) is 4.78. The van der Waals surface area contributed by atoms with Crippen molar-refractivity contribution >= 4 is 22.7 Å². The van der Waals surface area contributed by atoms with Crippen LogP contribution in [0.15, 0.2) is 58.6 Å². The molecule has 2 aromatic heterocycles. The van der Waals surface area contributed by atoms with Gasteiger partial charge in [-0.3, -0.25) is 0 Å². The molecule has 0 aliphatic carbocycles. The number of benzene rings is 1. The van der Waals surface area contributed by atoms with Crippen molar-refractivity contribution in [1.82, 2.24) is 9.55 Å². The van der Waals surface area contributed by atoms with Crippen molar-refractivity contribution in [2.75, 3.05) is 0 Å². The summed E-state index contributed by atoms with van der Waals surface area (Å²) in [5, 5.41) is 2.45. The molecule has 19 heavy (non-hydrogen) atoms. The number of aromatic nitrogens is 2. The largest absolute Gasteiger partial charge is 0.343 e. The Balaban J connectivity index is 1.90. The van der Waals surface area contributed by atoms with E-state index in [0.717, 1.165) is 11.6 Å². The van der Waals surface area contributed by atoms with Gasteiger partial charge >= 0.3 is 0 Å². The van der Waals surface area contributed by atoms with Crippen LogP contribution in [0.3, 0.4) is 0 Å². The summed E-state index contributed by atoms with van der Waals surface area (Å²) in [7, 11) is 0. The van der Waals surface area contributed by atoms with E-state index in [1.165, 1.54) is 34.3 Å². The zero-order chi connectivity index (χ0) is 12.7. The summed E-state index contributed by atoms with van der Waals surface area (Å²) in [6.07, 6.45) is 4.31. The van der Waals surface area contributed by atoms with Crippen LogP contribution in [0.5, 0.6) is 0 Å². The molecule has 0 N–H and O–H groups in total. The molecule has 0 amide bonds. The minimum atomic E-state index is 1.08. The Morgan fingerprint density at radius 1 is 1.05 bits per heavy atom. The summed E-state index contributed by atoms with van der Waals surface area (Å²) >= 11 is 1.80. The monoisotopic (exact) mass is 266 g/mol. The van der Waals surface area contributed by atoms with Crippen molar-refractivity contribution < 1.29 is 0 Å². The summed E-state index contributed by atoms with van der Waals surface area (Å²) in [6.45, 7) is 1.15. The predicted molar refractivity (Wildman–Crippen MR) is 78.6 cm³/mol. The molecule has 0 saturated heterocycles. The molecule has 1 aliphatic rings. The lowest BCUT2D eigenvalue weighted by Crippen LogP contribution is -1.90. The van der Waals surface area contributed by atoms with Crippen LogP contribution in [0.1, 0.15) is 12.1 Å². The summed E-state index contributed by atoms with van der Waals surface area (Å²) in [6, 6.07) is 14.8. The fourth-order valence-electron chi connectivity index (χ4n) is 2.86. The molecule has 4 rings (SSSR count). The van der Waals surface area contributed by atoms with E-state index < -0.39 is 0 Å². The first kappa shape index (κ1) is 11.1. The number of hydrogen-bond donors (Lipinski definition) is 0. The van der Waals surface area contributed by atoms with Gasteiger partial charge in [-0.25, -0.2) is 4.98 Å². The van der Waals surface area contributed by atoms with Crippen LogP contribution in [-0.4, -0.2) is 9.55 Å². The van der Waals surface area contributed by atoms with E-state index in [9.17, 15) is 0 Å². The van der Waals surface area contributed by atoms with E-state index in [1.807, 2.05) is 18.3 Å². The van der Waals surface area contributed by atoms with E-state index in [-0.39, 0.29) is 0 Å². The van der Waals surface area contributed by atoms with E-state index in [1.54, 1.807) is 11.8 Å². The normalized spacial score (nSPS) is 13.9. The number of aryl methyl sites for hydroxylation is 1. The summed E-state index contributed by atoms with van der Waals surface area (Å²) in [5.41, 5.74) is 2.85. The van der Waals surface area contributed by atoms with Crippen LogP contribution in [0, 0.1) is 0 Å². The lowest BCUT2D eigenvalue weighted by Gasteiger charge is -2.01. The summed E-state index contributed by atoms with van der Waals surface area (Å²) in [5.74, 6) is 0. The fraction of sp³-hybridized carbons (Fsp3) is 0.188. The Bertz CT molecular complexity index is 731. The maximum atomic E-state index is 4.44. The molecule has 94 valence electrons. The number of fused-ring (bicyclic) bond motifs is 3. The Kier molecular flexibility index (Phi) is 2.59. The van der Waals surface area contributed by atoms with E-state index >= 15 is 0 Å². The first-order chi connectivity index (χ1) is 9.43. The van der Waals surface area contributed by atoms with Gasteiger partial charge in [0.15, 0.2) is 0 Å². The first-order valence-corrected chi connectivity index (χ1v) is 7.44. The fourth-order valence-corrected chi connectivity index (χ4v) is 3.94. The second kappa shape index (κ2) is 4.42. The Morgan fingerprint density at radius 3 is 2.84 bits per heavy atom. The topological polar surface area (TPSA) is 17.8 Å². The number of nitrogens with zero attached hydrogens (tertiary/aromatic N) is 2. The van der Waals surface area contributed by atoms with Crippen LogP contribution < -0.4 is 0 Å². The first-order valence-electron chi connectivity index (χ1n) is 6.62. The zero-order valence-electron chi connectivity index (χ0n) is 10.5. The predicted octanol–water partition coefficient (Wildman–Crippen LogP) is 4.13. The lowest BCUT2D eigenvalue weighted by molar-refractivity contribution is 0.772. The molecule has 1 aliphatic heterocycles. The molecule has 0 fully saturated rings. The third-order valence-electron chi connectivity index (χ3n) is 3.67. The minimum Gasteiger partial charge on any atom is -0.343 e. The van der Waals surface area contributed by atoms with Gasteiger partial charge in [0.25, 0.3) is 0 Å². The maximum Gasteiger partial charge on any atom is 0.101 e. The van der Waals surface area contributed by atoms with Crippen molar-refractivity contribution in [1.29, 1.82) is 0 Å². The molecule has 2 nitrogen and oxygen atoms in total. The highest BCUT2D eigenvalue weighted by Crippen LogP contribution is 2.40. The zero-order valence-corrected chi connectivity index (χ0v) is 11.4. The van der Waals surface area contributed by atoms with Gasteiger partial charge in [-0.05, 0) is 31.0 Å².